The SMILES string of the molecule is CCCCCCCCN(C(=O)C(NC(=O)OC(C)(C)C)C(C)CC)C(C(=O)NCCCC)c1ccc(C)c(C)c1. The fourth-order valence-corrected chi connectivity index (χ4v) is 4.62. The van der Waals surface area contributed by atoms with Gasteiger partial charge in [0.25, 0.3) is 0 Å². The number of ether oxygens (including phenoxy) is 1. The number of benzene rings is 1. The van der Waals surface area contributed by atoms with Crippen molar-refractivity contribution in [3.05, 3.63) is 34.9 Å². The number of nitrogens with one attached hydrogen (secondary N) is 2. The van der Waals surface area contributed by atoms with E-state index in [0.29, 0.717) is 19.5 Å². The summed E-state index contributed by atoms with van der Waals surface area (Å²) in [5.74, 6) is -0.575. The van der Waals surface area contributed by atoms with Gasteiger partial charge in [-0.05, 0) is 70.1 Å². The summed E-state index contributed by atoms with van der Waals surface area (Å²) in [6.07, 6.45) is 8.29. The Labute approximate surface area is 244 Å². The lowest BCUT2D eigenvalue weighted by Crippen LogP contribution is -2.55. The van der Waals surface area contributed by atoms with E-state index in [1.165, 1.54) is 12.8 Å². The molecule has 3 atom stereocenters. The van der Waals surface area contributed by atoms with Crippen molar-refractivity contribution in [3.8, 4) is 0 Å². The largest absolute Gasteiger partial charge is 0.444 e. The van der Waals surface area contributed by atoms with Crippen LogP contribution in [0.15, 0.2) is 18.2 Å². The molecule has 0 saturated heterocycles. The predicted molar refractivity (Wildman–Crippen MR) is 164 cm³/mol. The molecule has 0 bridgehead atoms. The molecule has 2 N–H and O–H groups in total. The molecule has 0 aliphatic rings. The van der Waals surface area contributed by atoms with Gasteiger partial charge in [-0.25, -0.2) is 4.79 Å². The van der Waals surface area contributed by atoms with Gasteiger partial charge in [-0.15, -0.1) is 0 Å². The van der Waals surface area contributed by atoms with E-state index >= 15 is 0 Å². The van der Waals surface area contributed by atoms with Crippen LogP contribution in [-0.4, -0.2) is 47.5 Å². The minimum atomic E-state index is -0.808. The smallest absolute Gasteiger partial charge is 0.408 e. The molecule has 7 nitrogen and oxygen atoms in total. The summed E-state index contributed by atoms with van der Waals surface area (Å²) in [6.45, 7) is 18.7. The van der Waals surface area contributed by atoms with Gasteiger partial charge < -0.3 is 20.3 Å². The third-order valence-corrected chi connectivity index (χ3v) is 7.42. The molecule has 0 radical (unpaired) electrons. The van der Waals surface area contributed by atoms with Crippen molar-refractivity contribution in [2.45, 2.75) is 138 Å². The maximum absolute atomic E-state index is 14.4. The first-order chi connectivity index (χ1) is 18.9. The van der Waals surface area contributed by atoms with Gasteiger partial charge in [0.1, 0.15) is 17.7 Å². The van der Waals surface area contributed by atoms with Gasteiger partial charge in [0.2, 0.25) is 11.8 Å². The van der Waals surface area contributed by atoms with Gasteiger partial charge in [0, 0.05) is 13.1 Å². The van der Waals surface area contributed by atoms with E-state index in [2.05, 4.69) is 24.5 Å². The molecule has 40 heavy (non-hydrogen) atoms. The number of carbonyl (C=O) groups is 3. The number of alkyl carbamates (subject to hydrolysis) is 1. The molecule has 0 aliphatic carbocycles. The van der Waals surface area contributed by atoms with Crippen molar-refractivity contribution < 1.29 is 19.1 Å². The van der Waals surface area contributed by atoms with Crippen LogP contribution in [0.4, 0.5) is 4.79 Å². The quantitative estimate of drug-likeness (QED) is 0.195. The lowest BCUT2D eigenvalue weighted by Gasteiger charge is -2.36. The number of carbonyl (C=O) groups excluding carboxylic acids is 3. The van der Waals surface area contributed by atoms with Gasteiger partial charge in [-0.2, -0.15) is 0 Å². The van der Waals surface area contributed by atoms with E-state index in [1.807, 2.05) is 45.9 Å². The predicted octanol–water partition coefficient (Wildman–Crippen LogP) is 7.39. The Morgan fingerprint density at radius 3 is 2.10 bits per heavy atom. The second-order valence-corrected chi connectivity index (χ2v) is 12.2. The Hall–Kier alpha value is -2.57. The standard InChI is InChI=1S/C33H57N3O4/c1-10-13-15-16-17-18-22-36(31(38)28(24(4)12-3)35-32(39)40-33(7,8)9)29(30(37)34-21-14-11-2)27-20-19-25(5)26(6)23-27/h19-20,23-24,28-29H,10-18,21-22H2,1-9H3,(H,34,37)(H,35,39). The van der Waals surface area contributed by atoms with Crippen LogP contribution in [0.2, 0.25) is 0 Å². The van der Waals surface area contributed by atoms with E-state index in [4.69, 9.17) is 4.74 Å². The van der Waals surface area contributed by atoms with Crippen molar-refractivity contribution in [3.63, 3.8) is 0 Å². The summed E-state index contributed by atoms with van der Waals surface area (Å²) in [6, 6.07) is 4.38. The van der Waals surface area contributed by atoms with Gasteiger partial charge >= 0.3 is 6.09 Å². The summed E-state index contributed by atoms with van der Waals surface area (Å²) < 4.78 is 5.52. The number of hydrogen-bond acceptors (Lipinski definition) is 4. The molecule has 0 fully saturated rings. The highest BCUT2D eigenvalue weighted by molar-refractivity contribution is 5.92. The molecular formula is C33H57N3O4. The highest BCUT2D eigenvalue weighted by atomic mass is 16.6. The van der Waals surface area contributed by atoms with Crippen molar-refractivity contribution >= 4 is 17.9 Å². The summed E-state index contributed by atoms with van der Waals surface area (Å²) in [4.78, 5) is 42.7. The number of hydrogen-bond donors (Lipinski definition) is 2. The molecule has 0 spiro atoms. The van der Waals surface area contributed by atoms with Crippen LogP contribution in [0.1, 0.15) is 129 Å². The maximum Gasteiger partial charge on any atom is 0.408 e. The van der Waals surface area contributed by atoms with Crippen LogP contribution in [0.3, 0.4) is 0 Å². The molecule has 3 unspecified atom stereocenters. The zero-order chi connectivity index (χ0) is 30.3. The number of rotatable bonds is 17. The summed E-state index contributed by atoms with van der Waals surface area (Å²) in [7, 11) is 0. The average Bonchev–Trinajstić information content (AvgIpc) is 2.88. The molecule has 1 aromatic rings. The lowest BCUT2D eigenvalue weighted by molar-refractivity contribution is -0.143. The van der Waals surface area contributed by atoms with E-state index in [0.717, 1.165) is 55.2 Å². The molecule has 228 valence electrons. The maximum atomic E-state index is 14.4. The third-order valence-electron chi connectivity index (χ3n) is 7.42. The third kappa shape index (κ3) is 12.3. The van der Waals surface area contributed by atoms with E-state index in [1.54, 1.807) is 25.7 Å². The second kappa shape index (κ2) is 18.0. The fraction of sp³-hybridized carbons (Fsp3) is 0.727. The van der Waals surface area contributed by atoms with Gasteiger partial charge in [-0.1, -0.05) is 90.8 Å². The molecule has 1 rings (SSSR count). The Bertz CT molecular complexity index is 925. The van der Waals surface area contributed by atoms with Crippen molar-refractivity contribution in [2.75, 3.05) is 13.1 Å². The molecule has 0 heterocycles. The number of unbranched alkanes of at least 4 members (excludes halogenated alkanes) is 6. The monoisotopic (exact) mass is 559 g/mol. The molecule has 3 amide bonds. The van der Waals surface area contributed by atoms with Gasteiger partial charge in [0.15, 0.2) is 0 Å². The van der Waals surface area contributed by atoms with Crippen molar-refractivity contribution in [1.29, 1.82) is 0 Å². The highest BCUT2D eigenvalue weighted by Crippen LogP contribution is 2.27. The van der Waals surface area contributed by atoms with E-state index < -0.39 is 23.8 Å². The number of amides is 3. The first-order valence-electron chi connectivity index (χ1n) is 15.5. The van der Waals surface area contributed by atoms with Crippen LogP contribution in [-0.2, 0) is 14.3 Å². The Kier molecular flexibility index (Phi) is 15.9. The molecule has 0 aliphatic heterocycles. The first-order valence-corrected chi connectivity index (χ1v) is 15.5. The molecule has 0 aromatic heterocycles. The topological polar surface area (TPSA) is 87.7 Å². The normalized spacial score (nSPS) is 13.7. The van der Waals surface area contributed by atoms with E-state index in [-0.39, 0.29) is 17.7 Å². The second-order valence-electron chi connectivity index (χ2n) is 12.2. The van der Waals surface area contributed by atoms with Crippen LogP contribution >= 0.6 is 0 Å². The number of aryl methyl sites for hydroxylation is 2. The van der Waals surface area contributed by atoms with Gasteiger partial charge in [0.05, 0.1) is 0 Å². The molecule has 1 aromatic carbocycles. The first kappa shape index (κ1) is 35.5. The van der Waals surface area contributed by atoms with Crippen LogP contribution in [0.5, 0.6) is 0 Å². The summed E-state index contributed by atoms with van der Waals surface area (Å²) in [5.41, 5.74) is 2.30. The van der Waals surface area contributed by atoms with Crippen LogP contribution < -0.4 is 10.6 Å². The summed E-state index contributed by atoms with van der Waals surface area (Å²) >= 11 is 0. The summed E-state index contributed by atoms with van der Waals surface area (Å²) in [5, 5.41) is 5.94. The minimum absolute atomic E-state index is 0.143. The number of nitrogens with zero attached hydrogens (tertiary/aromatic N) is 1. The molecular weight excluding hydrogens is 502 g/mol. The minimum Gasteiger partial charge on any atom is -0.444 e. The Morgan fingerprint density at radius 1 is 0.900 bits per heavy atom. The fourth-order valence-electron chi connectivity index (χ4n) is 4.62. The zero-order valence-corrected chi connectivity index (χ0v) is 26.8. The van der Waals surface area contributed by atoms with Crippen molar-refractivity contribution in [1.82, 2.24) is 15.5 Å². The molecule has 7 heteroatoms. The Morgan fingerprint density at radius 2 is 1.52 bits per heavy atom. The Balaban J connectivity index is 3.49. The lowest BCUT2D eigenvalue weighted by atomic mass is 9.94. The average molecular weight is 560 g/mol. The van der Waals surface area contributed by atoms with Gasteiger partial charge in [-0.3, -0.25) is 9.59 Å². The zero-order valence-electron chi connectivity index (χ0n) is 26.8. The van der Waals surface area contributed by atoms with E-state index in [9.17, 15) is 14.4 Å². The molecule has 0 saturated carbocycles. The highest BCUT2D eigenvalue weighted by Gasteiger charge is 2.38. The van der Waals surface area contributed by atoms with Crippen LogP contribution in [0, 0.1) is 19.8 Å². The van der Waals surface area contributed by atoms with Crippen LogP contribution in [0.25, 0.3) is 0 Å². The van der Waals surface area contributed by atoms with Crippen molar-refractivity contribution in [2.24, 2.45) is 5.92 Å².